The number of carbonyl (C=O) groups is 2. The van der Waals surface area contributed by atoms with E-state index in [4.69, 9.17) is 14.2 Å². The van der Waals surface area contributed by atoms with Crippen molar-refractivity contribution in [1.82, 2.24) is 10.3 Å². The second kappa shape index (κ2) is 13.3. The van der Waals surface area contributed by atoms with Crippen molar-refractivity contribution in [2.45, 2.75) is 71.4 Å². The largest absolute Gasteiger partial charge is 0.493 e. The van der Waals surface area contributed by atoms with Crippen molar-refractivity contribution in [2.24, 2.45) is 5.92 Å². The highest BCUT2D eigenvalue weighted by Gasteiger charge is 2.31. The molecule has 11 heteroatoms. The van der Waals surface area contributed by atoms with Crippen LogP contribution in [0.1, 0.15) is 67.8 Å². The van der Waals surface area contributed by atoms with E-state index in [1.54, 1.807) is 33.5 Å². The zero-order chi connectivity index (χ0) is 31.5. The molecule has 2 aliphatic carbocycles. The summed E-state index contributed by atoms with van der Waals surface area (Å²) in [6.07, 6.45) is 4.91. The van der Waals surface area contributed by atoms with Gasteiger partial charge in [-0.05, 0) is 72.9 Å². The van der Waals surface area contributed by atoms with Gasteiger partial charge in [-0.15, -0.1) is 11.3 Å². The normalized spacial score (nSPS) is 16.4. The van der Waals surface area contributed by atoms with Crippen LogP contribution in [0.15, 0.2) is 29.1 Å². The topological polar surface area (TPSA) is 128 Å². The van der Waals surface area contributed by atoms with Crippen molar-refractivity contribution >= 4 is 34.0 Å². The van der Waals surface area contributed by atoms with Crippen LogP contribution in [0.25, 0.3) is 11.1 Å². The minimum absolute atomic E-state index is 0.0748. The van der Waals surface area contributed by atoms with Gasteiger partial charge >= 0.3 is 0 Å². The van der Waals surface area contributed by atoms with Crippen LogP contribution in [0.2, 0.25) is 0 Å². The van der Waals surface area contributed by atoms with Crippen LogP contribution in [-0.2, 0) is 28.9 Å². The molecule has 234 valence electrons. The lowest BCUT2D eigenvalue weighted by Gasteiger charge is -2.23. The zero-order valence-corrected chi connectivity index (χ0v) is 26.9. The molecule has 3 aromatic rings. The number of hydrogen-bond donors (Lipinski definition) is 3. The Labute approximate surface area is 261 Å². The number of nitrogens with zero attached hydrogens (tertiary/aromatic N) is 1. The summed E-state index contributed by atoms with van der Waals surface area (Å²) in [6.45, 7) is 5.46. The van der Waals surface area contributed by atoms with Crippen LogP contribution in [-0.4, -0.2) is 44.2 Å². The van der Waals surface area contributed by atoms with E-state index in [9.17, 15) is 14.4 Å². The molecular weight excluding hydrogens is 580 g/mol. The maximum absolute atomic E-state index is 13.9. The van der Waals surface area contributed by atoms with Crippen molar-refractivity contribution in [3.63, 3.8) is 0 Å². The van der Waals surface area contributed by atoms with Gasteiger partial charge in [0, 0.05) is 17.4 Å². The lowest BCUT2D eigenvalue weighted by atomic mass is 9.95. The maximum atomic E-state index is 13.9. The molecule has 1 heterocycles. The van der Waals surface area contributed by atoms with E-state index in [0.29, 0.717) is 40.8 Å². The van der Waals surface area contributed by atoms with Crippen molar-refractivity contribution in [1.29, 1.82) is 0 Å². The third kappa shape index (κ3) is 6.10. The number of aryl methyl sites for hydroxylation is 3. The van der Waals surface area contributed by atoms with Gasteiger partial charge in [-0.25, -0.2) is 4.98 Å². The van der Waals surface area contributed by atoms with Crippen LogP contribution in [0.3, 0.4) is 0 Å². The Hall–Kier alpha value is -4.12. The first-order chi connectivity index (χ1) is 21.2. The van der Waals surface area contributed by atoms with Gasteiger partial charge in [0.15, 0.2) is 16.6 Å². The van der Waals surface area contributed by atoms with Crippen LogP contribution in [0.4, 0.5) is 10.8 Å². The van der Waals surface area contributed by atoms with Gasteiger partial charge in [-0.2, -0.15) is 0 Å². The Bertz CT molecular complexity index is 1620. The minimum atomic E-state index is -0.675. The molecule has 1 aromatic heterocycles. The molecule has 3 atom stereocenters. The third-order valence-corrected chi connectivity index (χ3v) is 9.62. The highest BCUT2D eigenvalue weighted by Crippen LogP contribution is 2.50. The Morgan fingerprint density at radius 2 is 1.84 bits per heavy atom. The molecule has 10 nitrogen and oxygen atoms in total. The van der Waals surface area contributed by atoms with Crippen LogP contribution >= 0.6 is 11.3 Å². The number of benzene rings is 1. The zero-order valence-electron chi connectivity index (χ0n) is 26.1. The number of aromatic nitrogens is 1. The number of ether oxygens (including phenoxy) is 3. The second-order valence-electron chi connectivity index (χ2n) is 11.3. The monoisotopic (exact) mass is 620 g/mol. The number of thiazole rings is 1. The molecule has 2 amide bonds. The standard InChI is InChI=1S/C33H40N4O6S/c1-7-17(2)29(32(40)37-33-36-24-9-8-10-27(24)44-33)35-23-14-12-20-21(16-25(23)39)22(34-18(3)38)13-11-19-15-26(41-4)30(42-5)31(43-6)28(19)20/h12,14-17,22,29H,7-11,13H2,1-6H3,(H,34,38)(H,35,39)(H,36,37,40)/t17-,22+,29+/m1/s1. The van der Waals surface area contributed by atoms with E-state index in [-0.39, 0.29) is 28.8 Å². The average Bonchev–Trinajstić information content (AvgIpc) is 3.52. The Kier molecular flexibility index (Phi) is 9.43. The van der Waals surface area contributed by atoms with E-state index in [1.807, 2.05) is 26.0 Å². The number of carbonyl (C=O) groups excluding carboxylic acids is 2. The third-order valence-electron chi connectivity index (χ3n) is 8.55. The van der Waals surface area contributed by atoms with E-state index in [0.717, 1.165) is 48.1 Å². The van der Waals surface area contributed by atoms with Crippen LogP contribution < -0.4 is 35.6 Å². The molecule has 0 aliphatic heterocycles. The fraction of sp³-hybridized carbons (Fsp3) is 0.455. The first kappa shape index (κ1) is 31.3. The van der Waals surface area contributed by atoms with Gasteiger partial charge in [-0.3, -0.25) is 14.4 Å². The quantitative estimate of drug-likeness (QED) is 0.280. The lowest BCUT2D eigenvalue weighted by molar-refractivity contribution is -0.120. The number of fused-ring (bicyclic) bond motifs is 4. The summed E-state index contributed by atoms with van der Waals surface area (Å²) >= 11 is 1.52. The molecule has 0 bridgehead atoms. The summed E-state index contributed by atoms with van der Waals surface area (Å²) in [7, 11) is 4.68. The number of anilines is 2. The second-order valence-corrected chi connectivity index (χ2v) is 12.4. The molecule has 2 aliphatic rings. The first-order valence-corrected chi connectivity index (χ1v) is 15.8. The molecule has 0 spiro atoms. The van der Waals surface area contributed by atoms with Crippen molar-refractivity contribution in [3.05, 3.63) is 56.2 Å². The number of hydrogen-bond acceptors (Lipinski definition) is 9. The molecule has 0 saturated heterocycles. The van der Waals surface area contributed by atoms with E-state index in [1.165, 1.54) is 23.1 Å². The smallest absolute Gasteiger partial charge is 0.248 e. The SMILES string of the molecule is CC[C@@H](C)[C@H](Nc1ccc2c(cc1=O)[C@@H](NC(C)=O)CCc1cc(OC)c(OC)c(OC)c1-2)C(=O)Nc1nc2c(s1)CCC2. The summed E-state index contributed by atoms with van der Waals surface area (Å²) < 4.78 is 17.2. The molecule has 0 saturated carbocycles. The number of nitrogens with one attached hydrogen (secondary N) is 3. The fourth-order valence-electron chi connectivity index (χ4n) is 6.12. The predicted molar refractivity (Wildman–Crippen MR) is 172 cm³/mol. The summed E-state index contributed by atoms with van der Waals surface area (Å²) in [6, 6.07) is 5.93. The van der Waals surface area contributed by atoms with Gasteiger partial charge in [-0.1, -0.05) is 26.3 Å². The molecule has 0 radical (unpaired) electrons. The highest BCUT2D eigenvalue weighted by molar-refractivity contribution is 7.15. The van der Waals surface area contributed by atoms with Gasteiger partial charge < -0.3 is 30.2 Å². The Balaban J connectivity index is 1.59. The predicted octanol–water partition coefficient (Wildman–Crippen LogP) is 5.27. The van der Waals surface area contributed by atoms with Crippen molar-refractivity contribution in [2.75, 3.05) is 32.0 Å². The number of rotatable bonds is 10. The molecule has 3 N–H and O–H groups in total. The maximum Gasteiger partial charge on any atom is 0.248 e. The molecular formula is C33H40N4O6S. The van der Waals surface area contributed by atoms with Gasteiger partial charge in [0.1, 0.15) is 6.04 Å². The Morgan fingerprint density at radius 1 is 1.07 bits per heavy atom. The average molecular weight is 621 g/mol. The summed E-state index contributed by atoms with van der Waals surface area (Å²) in [5.41, 5.74) is 4.14. The van der Waals surface area contributed by atoms with Gasteiger partial charge in [0.2, 0.25) is 23.0 Å². The summed E-state index contributed by atoms with van der Waals surface area (Å²) in [5.74, 6) is 0.933. The van der Waals surface area contributed by atoms with Crippen molar-refractivity contribution < 1.29 is 23.8 Å². The molecule has 0 unspecified atom stereocenters. The Morgan fingerprint density at radius 3 is 2.50 bits per heavy atom. The lowest BCUT2D eigenvalue weighted by Crippen LogP contribution is -2.40. The van der Waals surface area contributed by atoms with E-state index < -0.39 is 12.1 Å². The molecule has 5 rings (SSSR count). The van der Waals surface area contributed by atoms with E-state index in [2.05, 4.69) is 20.9 Å². The molecule has 0 fully saturated rings. The number of amides is 2. The first-order valence-electron chi connectivity index (χ1n) is 15.0. The van der Waals surface area contributed by atoms with Crippen LogP contribution in [0.5, 0.6) is 17.2 Å². The van der Waals surface area contributed by atoms with Crippen molar-refractivity contribution in [3.8, 4) is 28.4 Å². The van der Waals surface area contributed by atoms with Gasteiger partial charge in [0.05, 0.1) is 38.8 Å². The van der Waals surface area contributed by atoms with Crippen LogP contribution in [0, 0.1) is 5.92 Å². The van der Waals surface area contributed by atoms with E-state index >= 15 is 0 Å². The van der Waals surface area contributed by atoms with Gasteiger partial charge in [0.25, 0.3) is 0 Å². The minimum Gasteiger partial charge on any atom is -0.493 e. The highest BCUT2D eigenvalue weighted by atomic mass is 32.1. The summed E-state index contributed by atoms with van der Waals surface area (Å²) in [4.78, 5) is 45.6. The molecule has 2 aromatic carbocycles. The summed E-state index contributed by atoms with van der Waals surface area (Å²) in [5, 5.41) is 9.87. The molecule has 44 heavy (non-hydrogen) atoms. The number of methoxy groups -OCH3 is 3. The fourth-order valence-corrected chi connectivity index (χ4v) is 7.18.